The Morgan fingerprint density at radius 3 is 2.67 bits per heavy atom. The summed E-state index contributed by atoms with van der Waals surface area (Å²) in [6.45, 7) is 0. The molecule has 0 spiro atoms. The molecule has 3 aromatic rings. The molecule has 0 aliphatic heterocycles. The predicted octanol–water partition coefficient (Wildman–Crippen LogP) is 3.75. The Morgan fingerprint density at radius 2 is 2.00 bits per heavy atom. The van der Waals surface area contributed by atoms with Crippen molar-refractivity contribution in [2.45, 2.75) is 24.9 Å². The third-order valence-electron chi connectivity index (χ3n) is 4.26. The van der Waals surface area contributed by atoms with E-state index in [1.54, 1.807) is 12.1 Å². The van der Waals surface area contributed by atoms with Gasteiger partial charge in [0.1, 0.15) is 11.8 Å². The molecule has 0 bridgehead atoms. The highest BCUT2D eigenvalue weighted by molar-refractivity contribution is 6.04. The number of hydrogen-bond acceptors (Lipinski definition) is 4. The monoisotopic (exact) mass is 371 g/mol. The van der Waals surface area contributed by atoms with Gasteiger partial charge in [0.15, 0.2) is 11.3 Å². The Kier molecular flexibility index (Phi) is 3.84. The number of anilines is 1. The SMILES string of the molecule is N#Cc1ccccc1NC(=O)c1cc2nc(C3CC3)cc(C(F)(F)F)n2n1. The molecule has 1 fully saturated rings. The normalized spacial score (nSPS) is 14.1. The summed E-state index contributed by atoms with van der Waals surface area (Å²) in [6.07, 6.45) is -3.03. The molecule has 9 heteroatoms. The number of carbonyl (C=O) groups excluding carboxylic acids is 1. The molecule has 1 aliphatic rings. The standard InChI is InChI=1S/C18H12F3N5O/c19-18(20,21)15-7-13(10-5-6-10)23-16-8-14(25-26(15)16)17(27)24-12-4-2-1-3-11(12)9-22/h1-4,7-8,10H,5-6H2,(H,24,27). The summed E-state index contributed by atoms with van der Waals surface area (Å²) >= 11 is 0. The Labute approximate surface area is 151 Å². The zero-order chi connectivity index (χ0) is 19.2. The van der Waals surface area contributed by atoms with Crippen molar-refractivity contribution in [2.75, 3.05) is 5.32 Å². The molecule has 1 aromatic carbocycles. The van der Waals surface area contributed by atoms with E-state index in [9.17, 15) is 18.0 Å². The van der Waals surface area contributed by atoms with E-state index in [0.717, 1.165) is 18.9 Å². The van der Waals surface area contributed by atoms with Crippen molar-refractivity contribution in [1.82, 2.24) is 14.6 Å². The average Bonchev–Trinajstić information content (AvgIpc) is 3.39. The summed E-state index contributed by atoms with van der Waals surface area (Å²) in [4.78, 5) is 16.7. The molecule has 6 nitrogen and oxygen atoms in total. The van der Waals surface area contributed by atoms with Gasteiger partial charge in [0.05, 0.1) is 11.3 Å². The number of fused-ring (bicyclic) bond motifs is 1. The van der Waals surface area contributed by atoms with Gasteiger partial charge in [0, 0.05) is 17.7 Å². The maximum atomic E-state index is 13.4. The van der Waals surface area contributed by atoms with Crippen LogP contribution in [0.1, 0.15) is 46.2 Å². The lowest BCUT2D eigenvalue weighted by molar-refractivity contribution is -0.142. The number of aromatic nitrogens is 3. The van der Waals surface area contributed by atoms with E-state index < -0.39 is 17.8 Å². The van der Waals surface area contributed by atoms with Crippen LogP contribution in [0, 0.1) is 11.3 Å². The van der Waals surface area contributed by atoms with Crippen LogP contribution in [0.25, 0.3) is 5.65 Å². The highest BCUT2D eigenvalue weighted by atomic mass is 19.4. The first kappa shape index (κ1) is 17.0. The minimum Gasteiger partial charge on any atom is -0.319 e. The van der Waals surface area contributed by atoms with Gasteiger partial charge < -0.3 is 5.32 Å². The summed E-state index contributed by atoms with van der Waals surface area (Å²) < 4.78 is 40.9. The van der Waals surface area contributed by atoms with Crippen molar-refractivity contribution in [2.24, 2.45) is 0 Å². The number of nitriles is 1. The second-order valence-electron chi connectivity index (χ2n) is 6.25. The third-order valence-corrected chi connectivity index (χ3v) is 4.26. The molecule has 1 amide bonds. The van der Waals surface area contributed by atoms with Crippen molar-refractivity contribution >= 4 is 17.2 Å². The van der Waals surface area contributed by atoms with Crippen LogP contribution >= 0.6 is 0 Å². The number of carbonyl (C=O) groups is 1. The number of nitrogens with one attached hydrogen (secondary N) is 1. The van der Waals surface area contributed by atoms with Crippen LogP contribution in [-0.4, -0.2) is 20.5 Å². The van der Waals surface area contributed by atoms with Crippen LogP contribution in [0.4, 0.5) is 18.9 Å². The van der Waals surface area contributed by atoms with Crippen LogP contribution < -0.4 is 5.32 Å². The van der Waals surface area contributed by atoms with Gasteiger partial charge in [0.2, 0.25) is 0 Å². The minimum absolute atomic E-state index is 0.0192. The number of amides is 1. The van der Waals surface area contributed by atoms with Gasteiger partial charge >= 0.3 is 6.18 Å². The summed E-state index contributed by atoms with van der Waals surface area (Å²) in [6, 6.07) is 10.4. The zero-order valence-corrected chi connectivity index (χ0v) is 13.8. The van der Waals surface area contributed by atoms with Gasteiger partial charge in [-0.15, -0.1) is 0 Å². The largest absolute Gasteiger partial charge is 0.433 e. The molecule has 0 unspecified atom stereocenters. The lowest BCUT2D eigenvalue weighted by atomic mass is 10.2. The van der Waals surface area contributed by atoms with E-state index in [1.165, 1.54) is 18.2 Å². The van der Waals surface area contributed by atoms with Crippen molar-refractivity contribution in [3.05, 3.63) is 59.0 Å². The molecule has 2 aromatic heterocycles. The first-order valence-corrected chi connectivity index (χ1v) is 8.15. The Balaban J connectivity index is 1.74. The maximum absolute atomic E-state index is 13.4. The number of benzene rings is 1. The topological polar surface area (TPSA) is 83.1 Å². The van der Waals surface area contributed by atoms with Crippen molar-refractivity contribution in [3.63, 3.8) is 0 Å². The highest BCUT2D eigenvalue weighted by Crippen LogP contribution is 2.41. The van der Waals surface area contributed by atoms with E-state index in [0.29, 0.717) is 10.2 Å². The van der Waals surface area contributed by atoms with Crippen LogP contribution in [-0.2, 0) is 6.18 Å². The molecule has 27 heavy (non-hydrogen) atoms. The fourth-order valence-electron chi connectivity index (χ4n) is 2.77. The number of hydrogen-bond donors (Lipinski definition) is 1. The molecular formula is C18H12F3N5O. The smallest absolute Gasteiger partial charge is 0.319 e. The first-order chi connectivity index (χ1) is 12.9. The van der Waals surface area contributed by atoms with Gasteiger partial charge in [-0.2, -0.15) is 23.5 Å². The Bertz CT molecular complexity index is 1090. The van der Waals surface area contributed by atoms with E-state index in [1.807, 2.05) is 6.07 Å². The van der Waals surface area contributed by atoms with Crippen molar-refractivity contribution in [3.8, 4) is 6.07 Å². The molecule has 1 N–H and O–H groups in total. The van der Waals surface area contributed by atoms with Gasteiger partial charge in [-0.25, -0.2) is 9.50 Å². The molecule has 136 valence electrons. The van der Waals surface area contributed by atoms with Gasteiger partial charge in [0.25, 0.3) is 5.91 Å². The number of rotatable bonds is 3. The third kappa shape index (κ3) is 3.21. The van der Waals surface area contributed by atoms with Crippen LogP contribution in [0.3, 0.4) is 0 Å². The molecule has 1 saturated carbocycles. The molecule has 1 aliphatic carbocycles. The highest BCUT2D eigenvalue weighted by Gasteiger charge is 2.37. The summed E-state index contributed by atoms with van der Waals surface area (Å²) in [5.74, 6) is -0.699. The Morgan fingerprint density at radius 1 is 1.26 bits per heavy atom. The second-order valence-corrected chi connectivity index (χ2v) is 6.25. The van der Waals surface area contributed by atoms with Crippen LogP contribution in [0.2, 0.25) is 0 Å². The Hall–Kier alpha value is -3.41. The number of nitrogens with zero attached hydrogens (tertiary/aromatic N) is 4. The molecule has 0 radical (unpaired) electrons. The second kappa shape index (κ2) is 6.09. The fourth-order valence-corrected chi connectivity index (χ4v) is 2.77. The van der Waals surface area contributed by atoms with Gasteiger partial charge in [-0.05, 0) is 31.0 Å². The summed E-state index contributed by atoms with van der Waals surface area (Å²) in [5, 5.41) is 15.4. The number of para-hydroxylation sites is 1. The van der Waals surface area contributed by atoms with E-state index in [-0.39, 0.29) is 28.5 Å². The molecule has 4 rings (SSSR count). The molecule has 0 saturated heterocycles. The molecule has 2 heterocycles. The van der Waals surface area contributed by atoms with E-state index in [2.05, 4.69) is 15.4 Å². The zero-order valence-electron chi connectivity index (χ0n) is 13.8. The van der Waals surface area contributed by atoms with Crippen molar-refractivity contribution < 1.29 is 18.0 Å². The van der Waals surface area contributed by atoms with Gasteiger partial charge in [-0.1, -0.05) is 12.1 Å². The maximum Gasteiger partial charge on any atom is 0.433 e. The van der Waals surface area contributed by atoms with Crippen LogP contribution in [0.15, 0.2) is 36.4 Å². The number of alkyl halides is 3. The molecular weight excluding hydrogens is 359 g/mol. The van der Waals surface area contributed by atoms with Gasteiger partial charge in [-0.3, -0.25) is 4.79 Å². The van der Waals surface area contributed by atoms with Crippen LogP contribution in [0.5, 0.6) is 0 Å². The predicted molar refractivity (Wildman–Crippen MR) is 89.1 cm³/mol. The summed E-state index contributed by atoms with van der Waals surface area (Å²) in [5.41, 5.74) is -0.369. The van der Waals surface area contributed by atoms with E-state index in [4.69, 9.17) is 5.26 Å². The summed E-state index contributed by atoms with van der Waals surface area (Å²) in [7, 11) is 0. The van der Waals surface area contributed by atoms with Crippen molar-refractivity contribution in [1.29, 1.82) is 5.26 Å². The minimum atomic E-state index is -4.63. The molecule has 0 atom stereocenters. The first-order valence-electron chi connectivity index (χ1n) is 8.15. The lowest BCUT2D eigenvalue weighted by Gasteiger charge is -2.10. The quantitative estimate of drug-likeness (QED) is 0.760. The lowest BCUT2D eigenvalue weighted by Crippen LogP contribution is -2.16. The fraction of sp³-hybridized carbons (Fsp3) is 0.222. The number of halogens is 3. The van der Waals surface area contributed by atoms with E-state index >= 15 is 0 Å². The average molecular weight is 371 g/mol.